The molecule has 0 aliphatic carbocycles. The molecule has 1 N–H and O–H groups in total. The number of carboxylic acids is 1. The molecule has 0 saturated carbocycles. The lowest BCUT2D eigenvalue weighted by atomic mass is 9.71. The number of rotatable bonds is 3. The number of carbonyl (C=O) groups excluding carboxylic acids is 1. The van der Waals surface area contributed by atoms with Gasteiger partial charge in [-0.3, -0.25) is 9.69 Å². The zero-order valence-electron chi connectivity index (χ0n) is 18.0. The lowest BCUT2D eigenvalue weighted by Crippen LogP contribution is -2.49. The number of halogens is 3. The summed E-state index contributed by atoms with van der Waals surface area (Å²) in [5, 5.41) is 7.12. The highest BCUT2D eigenvalue weighted by molar-refractivity contribution is 5.80. The van der Waals surface area contributed by atoms with Crippen LogP contribution in [0, 0.1) is 18.3 Å². The second-order valence-electron chi connectivity index (χ2n) is 8.45. The summed E-state index contributed by atoms with van der Waals surface area (Å²) in [6.45, 7) is 8.81. The van der Waals surface area contributed by atoms with Crippen molar-refractivity contribution in [3.63, 3.8) is 0 Å². The number of alkyl halides is 3. The van der Waals surface area contributed by atoms with Gasteiger partial charge in [0.1, 0.15) is 11.5 Å². The Morgan fingerprint density at radius 3 is 2.25 bits per heavy atom. The summed E-state index contributed by atoms with van der Waals surface area (Å²) in [6, 6.07) is 4.05. The zero-order valence-corrected chi connectivity index (χ0v) is 18.0. The highest BCUT2D eigenvalue weighted by atomic mass is 19.4. The van der Waals surface area contributed by atoms with Crippen molar-refractivity contribution in [3.8, 4) is 0 Å². The first-order chi connectivity index (χ1) is 15.1. The second-order valence-corrected chi connectivity index (χ2v) is 8.45. The Labute approximate surface area is 184 Å². The molecule has 0 radical (unpaired) electrons. The van der Waals surface area contributed by atoms with Gasteiger partial charge in [0.2, 0.25) is 5.91 Å². The highest BCUT2D eigenvalue weighted by Gasteiger charge is 2.51. The van der Waals surface area contributed by atoms with Crippen LogP contribution in [0.5, 0.6) is 0 Å². The maximum Gasteiger partial charge on any atom is 0.490 e. The predicted octanol–water partition coefficient (Wildman–Crippen LogP) is 2.31. The molecule has 11 heteroatoms. The van der Waals surface area contributed by atoms with Gasteiger partial charge in [0.25, 0.3) is 0 Å². The molecule has 3 aliphatic heterocycles. The Balaban J connectivity index is 0.000000360. The number of hydrogen-bond acceptors (Lipinski definition) is 6. The van der Waals surface area contributed by atoms with Crippen molar-refractivity contribution in [2.45, 2.75) is 32.5 Å². The normalized spacial score (nSPS) is 23.6. The van der Waals surface area contributed by atoms with Crippen molar-refractivity contribution >= 4 is 11.9 Å². The van der Waals surface area contributed by atoms with Gasteiger partial charge in [0, 0.05) is 44.8 Å². The minimum Gasteiger partial charge on any atom is -0.475 e. The van der Waals surface area contributed by atoms with Crippen LogP contribution in [0.3, 0.4) is 0 Å². The second kappa shape index (κ2) is 10.2. The van der Waals surface area contributed by atoms with E-state index in [1.165, 1.54) is 0 Å². The van der Waals surface area contributed by atoms with Crippen molar-refractivity contribution in [2.24, 2.45) is 11.3 Å². The van der Waals surface area contributed by atoms with E-state index in [9.17, 15) is 18.0 Å². The van der Waals surface area contributed by atoms with Crippen LogP contribution in [-0.2, 0) is 25.6 Å². The fraction of sp³-hybridized carbons (Fsp3) is 0.714. The molecule has 1 atom stereocenters. The third-order valence-electron chi connectivity index (χ3n) is 6.25. The van der Waals surface area contributed by atoms with Gasteiger partial charge in [-0.05, 0) is 31.9 Å². The van der Waals surface area contributed by atoms with Crippen LogP contribution < -0.4 is 0 Å². The van der Waals surface area contributed by atoms with Crippen LogP contribution in [0.15, 0.2) is 16.5 Å². The Bertz CT molecular complexity index is 785. The first kappa shape index (κ1) is 24.5. The van der Waals surface area contributed by atoms with Crippen LogP contribution in [0.2, 0.25) is 0 Å². The Morgan fingerprint density at radius 1 is 1.12 bits per heavy atom. The first-order valence-electron chi connectivity index (χ1n) is 10.6. The van der Waals surface area contributed by atoms with Crippen molar-refractivity contribution in [2.75, 3.05) is 52.6 Å². The summed E-state index contributed by atoms with van der Waals surface area (Å²) in [5.41, 5.74) is 0.0509. The van der Waals surface area contributed by atoms with E-state index in [1.807, 2.05) is 24.0 Å². The standard InChI is InChI=1S/C19H28N2O4.C2HF3O2/c1-15-2-3-16(25-15)12-20-13-17(18(22)21-6-10-24-11-7-21)19(14-20)4-8-23-9-5-19;3-2(4,5)1(6)7/h2-3,17H,4-14H2,1H3;(H,6,7). The number of carbonyl (C=O) groups is 2. The van der Waals surface area contributed by atoms with Crippen molar-refractivity contribution in [1.29, 1.82) is 0 Å². The number of aliphatic carboxylic acids is 1. The molecule has 180 valence electrons. The van der Waals surface area contributed by atoms with E-state index >= 15 is 0 Å². The molecule has 0 aromatic carbocycles. The average molecular weight is 462 g/mol. The van der Waals surface area contributed by atoms with E-state index in [4.69, 9.17) is 23.8 Å². The number of morpholine rings is 1. The van der Waals surface area contributed by atoms with E-state index < -0.39 is 12.1 Å². The summed E-state index contributed by atoms with van der Waals surface area (Å²) < 4.78 is 48.5. The fourth-order valence-electron chi connectivity index (χ4n) is 4.61. The van der Waals surface area contributed by atoms with E-state index in [-0.39, 0.29) is 11.3 Å². The molecule has 32 heavy (non-hydrogen) atoms. The molecule has 4 rings (SSSR count). The Kier molecular flexibility index (Phi) is 7.84. The van der Waals surface area contributed by atoms with Gasteiger partial charge in [-0.15, -0.1) is 0 Å². The van der Waals surface area contributed by atoms with Crippen molar-refractivity contribution < 1.29 is 41.8 Å². The maximum absolute atomic E-state index is 13.3. The summed E-state index contributed by atoms with van der Waals surface area (Å²) in [6.07, 6.45) is -3.14. The molecule has 1 amide bonds. The predicted molar refractivity (Wildman–Crippen MR) is 106 cm³/mol. The molecule has 1 aromatic rings. The molecule has 1 aromatic heterocycles. The number of likely N-dealkylation sites (tertiary alicyclic amines) is 1. The van der Waals surface area contributed by atoms with Crippen LogP contribution >= 0.6 is 0 Å². The molecule has 8 nitrogen and oxygen atoms in total. The largest absolute Gasteiger partial charge is 0.490 e. The molecular formula is C21H29F3N2O6. The molecule has 1 spiro atoms. The van der Waals surface area contributed by atoms with Crippen LogP contribution in [0.25, 0.3) is 0 Å². The fourth-order valence-corrected chi connectivity index (χ4v) is 4.61. The minimum absolute atomic E-state index is 0.0509. The smallest absolute Gasteiger partial charge is 0.475 e. The number of carboxylic acid groups (broad SMARTS) is 1. The van der Waals surface area contributed by atoms with Crippen LogP contribution in [-0.4, -0.2) is 85.6 Å². The highest BCUT2D eigenvalue weighted by Crippen LogP contribution is 2.45. The number of amides is 1. The van der Waals surface area contributed by atoms with Gasteiger partial charge in [-0.25, -0.2) is 4.79 Å². The summed E-state index contributed by atoms with van der Waals surface area (Å²) in [7, 11) is 0. The van der Waals surface area contributed by atoms with Gasteiger partial charge >= 0.3 is 12.1 Å². The maximum atomic E-state index is 13.3. The number of aryl methyl sites for hydroxylation is 1. The first-order valence-corrected chi connectivity index (χ1v) is 10.6. The zero-order chi connectivity index (χ0) is 23.4. The van der Waals surface area contributed by atoms with Crippen molar-refractivity contribution in [1.82, 2.24) is 9.80 Å². The molecule has 1 unspecified atom stereocenters. The molecule has 3 aliphatic rings. The third kappa shape index (κ3) is 6.02. The quantitative estimate of drug-likeness (QED) is 0.737. The van der Waals surface area contributed by atoms with Crippen molar-refractivity contribution in [3.05, 3.63) is 23.7 Å². The molecule has 3 fully saturated rings. The molecule has 4 heterocycles. The summed E-state index contributed by atoms with van der Waals surface area (Å²) in [5.74, 6) is -0.462. The minimum atomic E-state index is -5.08. The summed E-state index contributed by atoms with van der Waals surface area (Å²) >= 11 is 0. The van der Waals surface area contributed by atoms with Gasteiger partial charge in [-0.2, -0.15) is 13.2 Å². The monoisotopic (exact) mass is 462 g/mol. The average Bonchev–Trinajstić information content (AvgIpc) is 3.31. The SMILES string of the molecule is Cc1ccc(CN2CC(C(=O)N3CCOCC3)C3(CCOCC3)C2)o1.O=C(O)C(F)(F)F. The number of ether oxygens (including phenoxy) is 2. The lowest BCUT2D eigenvalue weighted by Gasteiger charge is -2.40. The molecular weight excluding hydrogens is 433 g/mol. The Hall–Kier alpha value is -2.11. The van der Waals surface area contributed by atoms with Gasteiger partial charge in [0.15, 0.2) is 0 Å². The van der Waals surface area contributed by atoms with E-state index in [0.717, 1.165) is 70.3 Å². The van der Waals surface area contributed by atoms with Gasteiger partial charge in [-0.1, -0.05) is 0 Å². The number of hydrogen-bond donors (Lipinski definition) is 1. The third-order valence-corrected chi connectivity index (χ3v) is 6.25. The van der Waals surface area contributed by atoms with E-state index in [0.29, 0.717) is 19.1 Å². The number of nitrogens with zero attached hydrogens (tertiary/aromatic N) is 2. The molecule has 3 saturated heterocycles. The Morgan fingerprint density at radius 2 is 1.72 bits per heavy atom. The lowest BCUT2D eigenvalue weighted by molar-refractivity contribution is -0.192. The molecule has 0 bridgehead atoms. The van der Waals surface area contributed by atoms with Crippen LogP contribution in [0.4, 0.5) is 13.2 Å². The number of furan rings is 1. The van der Waals surface area contributed by atoms with Crippen LogP contribution in [0.1, 0.15) is 24.4 Å². The van der Waals surface area contributed by atoms with Gasteiger partial charge in [0.05, 0.1) is 25.7 Å². The summed E-state index contributed by atoms with van der Waals surface area (Å²) in [4.78, 5) is 26.6. The van der Waals surface area contributed by atoms with Gasteiger partial charge < -0.3 is 23.9 Å². The topological polar surface area (TPSA) is 92.5 Å². The van der Waals surface area contributed by atoms with E-state index in [1.54, 1.807) is 0 Å². The van der Waals surface area contributed by atoms with E-state index in [2.05, 4.69) is 4.90 Å².